The van der Waals surface area contributed by atoms with E-state index in [1.807, 2.05) is 35.2 Å². The molecule has 0 aliphatic rings. The number of amides is 1. The lowest BCUT2D eigenvalue weighted by Gasteiger charge is -2.19. The molecule has 0 aliphatic carbocycles. The van der Waals surface area contributed by atoms with Gasteiger partial charge in [-0.3, -0.25) is 4.79 Å². The zero-order valence-electron chi connectivity index (χ0n) is 11.0. The van der Waals surface area contributed by atoms with E-state index in [-0.39, 0.29) is 5.91 Å². The molecule has 0 radical (unpaired) electrons. The topological polar surface area (TPSA) is 20.3 Å². The number of hydrogen-bond acceptors (Lipinski definition) is 1. The van der Waals surface area contributed by atoms with Crippen molar-refractivity contribution >= 4 is 27.9 Å². The van der Waals surface area contributed by atoms with Crippen molar-refractivity contribution in [1.29, 1.82) is 0 Å². The highest BCUT2D eigenvalue weighted by atomic mass is 79.9. The van der Waals surface area contributed by atoms with Crippen molar-refractivity contribution in [2.24, 2.45) is 0 Å². The SMILES string of the molecule is CCCN(CCC)C(=O)/C=C/c1ccccc1Br. The van der Waals surface area contributed by atoms with Gasteiger partial charge in [0, 0.05) is 23.6 Å². The Hall–Kier alpha value is -1.09. The average Bonchev–Trinajstić information content (AvgIpc) is 2.37. The Morgan fingerprint density at radius 3 is 2.39 bits per heavy atom. The Morgan fingerprint density at radius 2 is 1.83 bits per heavy atom. The zero-order valence-corrected chi connectivity index (χ0v) is 12.6. The molecule has 1 amide bonds. The van der Waals surface area contributed by atoms with Gasteiger partial charge in [-0.1, -0.05) is 48.0 Å². The van der Waals surface area contributed by atoms with E-state index in [9.17, 15) is 4.79 Å². The second kappa shape index (κ2) is 8.09. The van der Waals surface area contributed by atoms with Crippen LogP contribution < -0.4 is 0 Å². The first-order chi connectivity index (χ1) is 8.69. The number of carbonyl (C=O) groups is 1. The van der Waals surface area contributed by atoms with Crippen LogP contribution in [0, 0.1) is 0 Å². The molecule has 1 rings (SSSR count). The number of carbonyl (C=O) groups excluding carboxylic acids is 1. The van der Waals surface area contributed by atoms with Gasteiger partial charge in [-0.15, -0.1) is 0 Å². The Morgan fingerprint density at radius 1 is 1.22 bits per heavy atom. The van der Waals surface area contributed by atoms with Gasteiger partial charge in [-0.05, 0) is 30.5 Å². The normalized spacial score (nSPS) is 10.8. The fraction of sp³-hybridized carbons (Fsp3) is 0.400. The molecule has 98 valence electrons. The quantitative estimate of drug-likeness (QED) is 0.724. The molecule has 2 nitrogen and oxygen atoms in total. The third kappa shape index (κ3) is 4.65. The maximum Gasteiger partial charge on any atom is 0.246 e. The summed E-state index contributed by atoms with van der Waals surface area (Å²) in [4.78, 5) is 13.9. The summed E-state index contributed by atoms with van der Waals surface area (Å²) in [5.74, 6) is 0.0921. The van der Waals surface area contributed by atoms with Crippen LogP contribution in [-0.2, 0) is 4.79 Å². The van der Waals surface area contributed by atoms with Crippen molar-refractivity contribution in [3.05, 3.63) is 40.4 Å². The lowest BCUT2D eigenvalue weighted by molar-refractivity contribution is -0.126. The highest BCUT2D eigenvalue weighted by molar-refractivity contribution is 9.10. The monoisotopic (exact) mass is 309 g/mol. The lowest BCUT2D eigenvalue weighted by Crippen LogP contribution is -2.30. The first-order valence-electron chi connectivity index (χ1n) is 6.40. The summed E-state index contributed by atoms with van der Waals surface area (Å²) < 4.78 is 1.01. The first kappa shape index (κ1) is 15.0. The second-order valence-corrected chi connectivity index (χ2v) is 5.03. The maximum absolute atomic E-state index is 12.0. The van der Waals surface area contributed by atoms with Gasteiger partial charge in [0.25, 0.3) is 0 Å². The molecule has 18 heavy (non-hydrogen) atoms. The van der Waals surface area contributed by atoms with Crippen LogP contribution in [0.2, 0.25) is 0 Å². The summed E-state index contributed by atoms with van der Waals surface area (Å²) in [5.41, 5.74) is 1.03. The molecule has 0 bridgehead atoms. The van der Waals surface area contributed by atoms with Crippen molar-refractivity contribution in [1.82, 2.24) is 4.90 Å². The first-order valence-corrected chi connectivity index (χ1v) is 7.19. The standard InChI is InChI=1S/C15H20BrNO/c1-3-11-17(12-4-2)15(18)10-9-13-7-5-6-8-14(13)16/h5-10H,3-4,11-12H2,1-2H3/b10-9+. The van der Waals surface area contributed by atoms with E-state index in [0.717, 1.165) is 36.0 Å². The van der Waals surface area contributed by atoms with Crippen LogP contribution in [0.3, 0.4) is 0 Å². The number of halogens is 1. The van der Waals surface area contributed by atoms with E-state index in [0.29, 0.717) is 0 Å². The van der Waals surface area contributed by atoms with Gasteiger partial charge < -0.3 is 4.90 Å². The number of rotatable bonds is 6. The smallest absolute Gasteiger partial charge is 0.246 e. The van der Waals surface area contributed by atoms with Crippen molar-refractivity contribution < 1.29 is 4.79 Å². The van der Waals surface area contributed by atoms with Crippen molar-refractivity contribution in [3.63, 3.8) is 0 Å². The van der Waals surface area contributed by atoms with Crippen LogP contribution in [0.15, 0.2) is 34.8 Å². The molecule has 1 aromatic carbocycles. The van der Waals surface area contributed by atoms with Crippen LogP contribution >= 0.6 is 15.9 Å². The highest BCUT2D eigenvalue weighted by Crippen LogP contribution is 2.17. The van der Waals surface area contributed by atoms with E-state index in [1.165, 1.54) is 0 Å². The van der Waals surface area contributed by atoms with E-state index in [2.05, 4.69) is 29.8 Å². The van der Waals surface area contributed by atoms with Crippen LogP contribution in [-0.4, -0.2) is 23.9 Å². The van der Waals surface area contributed by atoms with Gasteiger partial charge >= 0.3 is 0 Å². The van der Waals surface area contributed by atoms with Gasteiger partial charge in [-0.2, -0.15) is 0 Å². The lowest BCUT2D eigenvalue weighted by atomic mass is 10.2. The molecule has 3 heteroatoms. The fourth-order valence-electron chi connectivity index (χ4n) is 1.75. The maximum atomic E-state index is 12.0. The van der Waals surface area contributed by atoms with E-state index in [1.54, 1.807) is 6.08 Å². The molecule has 0 N–H and O–H groups in total. The van der Waals surface area contributed by atoms with Gasteiger partial charge in [0.2, 0.25) is 5.91 Å². The van der Waals surface area contributed by atoms with Crippen molar-refractivity contribution in [3.8, 4) is 0 Å². The van der Waals surface area contributed by atoms with Crippen LogP contribution in [0.5, 0.6) is 0 Å². The third-order valence-corrected chi connectivity index (χ3v) is 3.33. The summed E-state index contributed by atoms with van der Waals surface area (Å²) in [5, 5.41) is 0. The fourth-order valence-corrected chi connectivity index (χ4v) is 2.17. The molecule has 0 heterocycles. The molecule has 0 fully saturated rings. The van der Waals surface area contributed by atoms with Crippen LogP contribution in [0.25, 0.3) is 6.08 Å². The molecule has 0 unspecified atom stereocenters. The highest BCUT2D eigenvalue weighted by Gasteiger charge is 2.07. The number of nitrogens with zero attached hydrogens (tertiary/aromatic N) is 1. The van der Waals surface area contributed by atoms with E-state index >= 15 is 0 Å². The van der Waals surface area contributed by atoms with Gasteiger partial charge in [0.15, 0.2) is 0 Å². The molecular weight excluding hydrogens is 290 g/mol. The molecule has 0 atom stereocenters. The van der Waals surface area contributed by atoms with Crippen molar-refractivity contribution in [2.75, 3.05) is 13.1 Å². The largest absolute Gasteiger partial charge is 0.339 e. The van der Waals surface area contributed by atoms with Gasteiger partial charge in [0.05, 0.1) is 0 Å². The molecule has 0 saturated heterocycles. The molecule has 0 spiro atoms. The summed E-state index contributed by atoms with van der Waals surface area (Å²) >= 11 is 3.47. The molecule has 0 aromatic heterocycles. The second-order valence-electron chi connectivity index (χ2n) is 4.18. The van der Waals surface area contributed by atoms with Crippen LogP contribution in [0.1, 0.15) is 32.3 Å². The zero-order chi connectivity index (χ0) is 13.4. The minimum Gasteiger partial charge on any atom is -0.339 e. The van der Waals surface area contributed by atoms with Gasteiger partial charge in [-0.25, -0.2) is 0 Å². The summed E-state index contributed by atoms with van der Waals surface area (Å²) in [6.45, 7) is 5.83. The Balaban J connectivity index is 2.70. The Bertz CT molecular complexity index is 409. The number of hydrogen-bond donors (Lipinski definition) is 0. The van der Waals surface area contributed by atoms with Crippen LogP contribution in [0.4, 0.5) is 0 Å². The predicted octanol–water partition coefficient (Wildman–Crippen LogP) is 4.11. The molecule has 0 saturated carbocycles. The van der Waals surface area contributed by atoms with E-state index in [4.69, 9.17) is 0 Å². The minimum absolute atomic E-state index is 0.0921. The third-order valence-electron chi connectivity index (χ3n) is 2.61. The molecular formula is C15H20BrNO. The Labute approximate surface area is 118 Å². The average molecular weight is 310 g/mol. The summed E-state index contributed by atoms with van der Waals surface area (Å²) in [6.07, 6.45) is 5.51. The Kier molecular flexibility index (Phi) is 6.73. The predicted molar refractivity (Wildman–Crippen MR) is 80.3 cm³/mol. The molecule has 0 aliphatic heterocycles. The molecule has 1 aromatic rings. The number of benzene rings is 1. The summed E-state index contributed by atoms with van der Waals surface area (Å²) in [7, 11) is 0. The van der Waals surface area contributed by atoms with E-state index < -0.39 is 0 Å². The van der Waals surface area contributed by atoms with Gasteiger partial charge in [0.1, 0.15) is 0 Å². The summed E-state index contributed by atoms with van der Waals surface area (Å²) in [6, 6.07) is 7.88. The minimum atomic E-state index is 0.0921. The van der Waals surface area contributed by atoms with Crippen molar-refractivity contribution in [2.45, 2.75) is 26.7 Å².